The number of hydrogen-bond acceptors (Lipinski definition) is 0. The van der Waals surface area contributed by atoms with E-state index in [1.54, 1.807) is 5.56 Å². The molecule has 0 bridgehead atoms. The molecule has 0 amide bonds. The van der Waals surface area contributed by atoms with Crippen LogP contribution in [0.2, 0.25) is 0 Å². The van der Waals surface area contributed by atoms with Gasteiger partial charge in [0.15, 0.2) is 0 Å². The minimum Gasteiger partial charge on any atom is -0.357 e. The topological polar surface area (TPSA) is 15.8 Å². The molecule has 0 fully saturated rings. The smallest absolute Gasteiger partial charge is 0.0603 e. The Bertz CT molecular complexity index is 541. The molecular weight excluding hydrogens is 262 g/mol. The zero-order valence-corrected chi connectivity index (χ0v) is 11.3. The number of H-pyrrole nitrogens is 1. The second-order valence-electron chi connectivity index (χ2n) is 5.13. The summed E-state index contributed by atoms with van der Waals surface area (Å²) >= 11 is 3.63. The summed E-state index contributed by atoms with van der Waals surface area (Å²) in [7, 11) is 0. The van der Waals surface area contributed by atoms with Gasteiger partial charge in [-0.05, 0) is 52.2 Å². The van der Waals surface area contributed by atoms with E-state index in [-0.39, 0.29) is 0 Å². The largest absolute Gasteiger partial charge is 0.357 e. The molecule has 0 spiro atoms. The van der Waals surface area contributed by atoms with Crippen LogP contribution in [0, 0.1) is 5.92 Å². The molecule has 0 saturated carbocycles. The van der Waals surface area contributed by atoms with E-state index in [2.05, 4.69) is 53.0 Å². The SMILES string of the molecule is CC1Cc2c([nH]c3c(Br)cccc23)C(C)C1. The lowest BCUT2D eigenvalue weighted by molar-refractivity contribution is 0.447. The van der Waals surface area contributed by atoms with Gasteiger partial charge in [-0.25, -0.2) is 0 Å². The maximum Gasteiger partial charge on any atom is 0.0603 e. The van der Waals surface area contributed by atoms with Crippen molar-refractivity contribution in [3.63, 3.8) is 0 Å². The van der Waals surface area contributed by atoms with Crippen LogP contribution in [-0.2, 0) is 6.42 Å². The monoisotopic (exact) mass is 277 g/mol. The molecule has 2 aromatic rings. The highest BCUT2D eigenvalue weighted by molar-refractivity contribution is 9.10. The number of rotatable bonds is 0. The van der Waals surface area contributed by atoms with E-state index in [0.717, 1.165) is 5.92 Å². The van der Waals surface area contributed by atoms with Gasteiger partial charge in [0.05, 0.1) is 5.52 Å². The predicted molar refractivity (Wildman–Crippen MR) is 71.9 cm³/mol. The molecule has 1 aromatic carbocycles. The van der Waals surface area contributed by atoms with E-state index in [9.17, 15) is 0 Å². The van der Waals surface area contributed by atoms with Gasteiger partial charge in [0.2, 0.25) is 0 Å². The average Bonchev–Trinajstić information content (AvgIpc) is 2.59. The summed E-state index contributed by atoms with van der Waals surface area (Å²) in [5, 5.41) is 1.41. The number of para-hydroxylation sites is 1. The zero-order valence-electron chi connectivity index (χ0n) is 9.68. The Balaban J connectivity index is 2.30. The Hall–Kier alpha value is -0.760. The van der Waals surface area contributed by atoms with Crippen LogP contribution >= 0.6 is 15.9 Å². The van der Waals surface area contributed by atoms with Gasteiger partial charge in [-0.15, -0.1) is 0 Å². The first-order valence-electron chi connectivity index (χ1n) is 5.95. The van der Waals surface area contributed by atoms with Crippen LogP contribution in [0.5, 0.6) is 0 Å². The third-order valence-corrected chi connectivity index (χ3v) is 4.39. The van der Waals surface area contributed by atoms with Crippen molar-refractivity contribution in [1.29, 1.82) is 0 Å². The summed E-state index contributed by atoms with van der Waals surface area (Å²) in [6, 6.07) is 6.48. The molecule has 1 aliphatic rings. The van der Waals surface area contributed by atoms with Gasteiger partial charge < -0.3 is 4.98 Å². The maximum absolute atomic E-state index is 3.63. The van der Waals surface area contributed by atoms with Crippen molar-refractivity contribution in [2.75, 3.05) is 0 Å². The molecule has 84 valence electrons. The molecule has 3 rings (SSSR count). The Kier molecular flexibility index (Phi) is 2.36. The first kappa shape index (κ1) is 10.4. The third kappa shape index (κ3) is 1.43. The molecule has 1 aliphatic carbocycles. The lowest BCUT2D eigenvalue weighted by Crippen LogP contribution is -2.13. The van der Waals surface area contributed by atoms with Crippen molar-refractivity contribution in [1.82, 2.24) is 4.98 Å². The molecule has 16 heavy (non-hydrogen) atoms. The summed E-state index contributed by atoms with van der Waals surface area (Å²) in [5.74, 6) is 1.47. The quantitative estimate of drug-likeness (QED) is 0.724. The minimum atomic E-state index is 0.665. The van der Waals surface area contributed by atoms with Crippen molar-refractivity contribution < 1.29 is 0 Å². The summed E-state index contributed by atoms with van der Waals surface area (Å²) < 4.78 is 1.18. The fourth-order valence-electron chi connectivity index (χ4n) is 3.05. The fraction of sp³-hybridized carbons (Fsp3) is 0.429. The molecule has 2 unspecified atom stereocenters. The summed E-state index contributed by atoms with van der Waals surface area (Å²) in [6.45, 7) is 4.69. The van der Waals surface area contributed by atoms with Crippen LogP contribution in [-0.4, -0.2) is 4.98 Å². The summed E-state index contributed by atoms with van der Waals surface area (Å²) in [6.07, 6.45) is 2.52. The second kappa shape index (κ2) is 3.63. The van der Waals surface area contributed by atoms with Gasteiger partial charge in [0.1, 0.15) is 0 Å². The summed E-state index contributed by atoms with van der Waals surface area (Å²) in [5.41, 5.74) is 4.27. The molecule has 1 N–H and O–H groups in total. The highest BCUT2D eigenvalue weighted by Gasteiger charge is 2.25. The number of aromatic amines is 1. The number of fused-ring (bicyclic) bond motifs is 3. The minimum absolute atomic E-state index is 0.665. The summed E-state index contributed by atoms with van der Waals surface area (Å²) in [4.78, 5) is 3.61. The zero-order chi connectivity index (χ0) is 11.3. The first-order chi connectivity index (χ1) is 7.66. The molecule has 1 heterocycles. The molecule has 0 aliphatic heterocycles. The molecule has 0 saturated heterocycles. The van der Waals surface area contributed by atoms with Gasteiger partial charge in [-0.3, -0.25) is 0 Å². The van der Waals surface area contributed by atoms with Gasteiger partial charge in [-0.2, -0.15) is 0 Å². The Labute approximate surface area is 104 Å². The molecule has 0 radical (unpaired) electrons. The van der Waals surface area contributed by atoms with Crippen molar-refractivity contribution >= 4 is 26.8 Å². The maximum atomic E-state index is 3.63. The van der Waals surface area contributed by atoms with Crippen LogP contribution in [0.1, 0.15) is 37.4 Å². The highest BCUT2D eigenvalue weighted by Crippen LogP contribution is 2.39. The Morgan fingerprint density at radius 3 is 2.94 bits per heavy atom. The van der Waals surface area contributed by atoms with E-state index in [4.69, 9.17) is 0 Å². The van der Waals surface area contributed by atoms with Crippen LogP contribution in [0.25, 0.3) is 10.9 Å². The highest BCUT2D eigenvalue weighted by atomic mass is 79.9. The van der Waals surface area contributed by atoms with E-state index < -0.39 is 0 Å². The van der Waals surface area contributed by atoms with Crippen LogP contribution in [0.4, 0.5) is 0 Å². The number of benzene rings is 1. The van der Waals surface area contributed by atoms with Crippen LogP contribution < -0.4 is 0 Å². The first-order valence-corrected chi connectivity index (χ1v) is 6.75. The normalized spacial score (nSPS) is 24.7. The Morgan fingerprint density at radius 2 is 2.12 bits per heavy atom. The third-order valence-electron chi connectivity index (χ3n) is 3.72. The lowest BCUT2D eigenvalue weighted by Gasteiger charge is -2.24. The standard InChI is InChI=1S/C14H16BrN/c1-8-6-9(2)13-11(7-8)10-4-3-5-12(15)14(10)16-13/h3-5,8-9,16H,6-7H2,1-2H3. The molecular formula is C14H16BrN. The van der Waals surface area contributed by atoms with E-state index in [1.807, 2.05) is 0 Å². The number of aromatic nitrogens is 1. The van der Waals surface area contributed by atoms with Crippen LogP contribution in [0.15, 0.2) is 22.7 Å². The van der Waals surface area contributed by atoms with Gasteiger partial charge in [-0.1, -0.05) is 26.0 Å². The second-order valence-corrected chi connectivity index (χ2v) is 5.98. The molecule has 2 atom stereocenters. The molecule has 1 aromatic heterocycles. The Morgan fingerprint density at radius 1 is 1.31 bits per heavy atom. The number of halogens is 1. The van der Waals surface area contributed by atoms with E-state index in [0.29, 0.717) is 5.92 Å². The number of nitrogens with one attached hydrogen (secondary N) is 1. The van der Waals surface area contributed by atoms with Gasteiger partial charge in [0.25, 0.3) is 0 Å². The average molecular weight is 278 g/mol. The number of hydrogen-bond donors (Lipinski definition) is 1. The van der Waals surface area contributed by atoms with Crippen LogP contribution in [0.3, 0.4) is 0 Å². The van der Waals surface area contributed by atoms with Gasteiger partial charge in [0, 0.05) is 15.6 Å². The molecule has 2 heteroatoms. The molecule has 1 nitrogen and oxygen atoms in total. The van der Waals surface area contributed by atoms with Crippen molar-refractivity contribution in [3.8, 4) is 0 Å². The van der Waals surface area contributed by atoms with E-state index in [1.165, 1.54) is 33.9 Å². The predicted octanol–water partition coefficient (Wildman–Crippen LogP) is 4.62. The van der Waals surface area contributed by atoms with Crippen molar-refractivity contribution in [3.05, 3.63) is 33.9 Å². The van der Waals surface area contributed by atoms with E-state index >= 15 is 0 Å². The van der Waals surface area contributed by atoms with Crippen molar-refractivity contribution in [2.45, 2.75) is 32.6 Å². The lowest BCUT2D eigenvalue weighted by atomic mass is 9.81. The van der Waals surface area contributed by atoms with Gasteiger partial charge >= 0.3 is 0 Å². The van der Waals surface area contributed by atoms with Crippen molar-refractivity contribution in [2.24, 2.45) is 5.92 Å². The fourth-order valence-corrected chi connectivity index (χ4v) is 3.52.